The van der Waals surface area contributed by atoms with E-state index in [-0.39, 0.29) is 0 Å². The molecule has 0 aliphatic carbocycles. The van der Waals surface area contributed by atoms with Crippen LogP contribution in [0.25, 0.3) is 0 Å². The van der Waals surface area contributed by atoms with E-state index in [9.17, 15) is 0 Å². The molecule has 0 aromatic heterocycles. The summed E-state index contributed by atoms with van der Waals surface area (Å²) < 4.78 is 0. The topological polar surface area (TPSA) is 15.3 Å². The summed E-state index contributed by atoms with van der Waals surface area (Å²) in [5.74, 6) is 0.859. The van der Waals surface area contributed by atoms with Gasteiger partial charge in [-0.25, -0.2) is 0 Å². The van der Waals surface area contributed by atoms with E-state index in [2.05, 4.69) is 22.3 Å². The van der Waals surface area contributed by atoms with Crippen molar-refractivity contribution in [2.24, 2.45) is 5.92 Å². The molecule has 2 heterocycles. The summed E-state index contributed by atoms with van der Waals surface area (Å²) in [6.07, 6.45) is 1.37. The zero-order valence-electron chi connectivity index (χ0n) is 9.32. The minimum atomic E-state index is 0.720. The molecule has 2 aliphatic rings. The van der Waals surface area contributed by atoms with Gasteiger partial charge in [-0.3, -0.25) is 4.90 Å². The molecule has 0 amide bonds. The second-order valence-electron chi connectivity index (χ2n) is 5.03. The molecule has 86 valence electrons. The van der Waals surface area contributed by atoms with Crippen molar-refractivity contribution in [2.75, 3.05) is 19.6 Å². The monoisotopic (exact) mass is 236 g/mol. The molecular weight excluding hydrogens is 220 g/mol. The molecule has 1 aromatic rings. The van der Waals surface area contributed by atoms with Crippen LogP contribution in [0, 0.1) is 5.92 Å². The van der Waals surface area contributed by atoms with Crippen LogP contribution in [0.2, 0.25) is 5.02 Å². The van der Waals surface area contributed by atoms with Crippen molar-refractivity contribution in [2.45, 2.75) is 19.0 Å². The molecule has 2 saturated heterocycles. The standard InChI is InChI=1S/C13H17ClN2/c14-12-3-1-2-10(4-12)7-16-8-11-5-13(9-16)15-6-11/h1-4,11,13,15H,5-9H2/t11-,13+/m1/s1. The third-order valence-corrected chi connectivity index (χ3v) is 3.84. The van der Waals surface area contributed by atoms with Gasteiger partial charge in [0, 0.05) is 30.7 Å². The Bertz CT molecular complexity index is 368. The van der Waals surface area contributed by atoms with Crippen molar-refractivity contribution in [3.05, 3.63) is 34.9 Å². The Balaban J connectivity index is 1.67. The molecule has 0 radical (unpaired) electrons. The van der Waals surface area contributed by atoms with Gasteiger partial charge in [-0.15, -0.1) is 0 Å². The number of nitrogens with one attached hydrogen (secondary N) is 1. The van der Waals surface area contributed by atoms with E-state index in [0.717, 1.165) is 23.5 Å². The van der Waals surface area contributed by atoms with Crippen molar-refractivity contribution in [1.82, 2.24) is 10.2 Å². The lowest BCUT2D eigenvalue weighted by Gasteiger charge is -2.31. The summed E-state index contributed by atoms with van der Waals surface area (Å²) in [6, 6.07) is 8.93. The number of hydrogen-bond acceptors (Lipinski definition) is 2. The zero-order chi connectivity index (χ0) is 11.0. The van der Waals surface area contributed by atoms with Gasteiger partial charge in [-0.2, -0.15) is 0 Å². The normalized spacial score (nSPS) is 29.6. The fourth-order valence-corrected chi connectivity index (χ4v) is 3.17. The van der Waals surface area contributed by atoms with Crippen molar-refractivity contribution in [1.29, 1.82) is 0 Å². The molecule has 2 fully saturated rings. The van der Waals surface area contributed by atoms with Crippen LogP contribution in [0.4, 0.5) is 0 Å². The lowest BCUT2D eigenvalue weighted by atomic mass is 9.99. The third kappa shape index (κ3) is 2.24. The summed E-state index contributed by atoms with van der Waals surface area (Å²) in [7, 11) is 0. The van der Waals surface area contributed by atoms with Gasteiger partial charge in [0.2, 0.25) is 0 Å². The summed E-state index contributed by atoms with van der Waals surface area (Å²) in [5, 5.41) is 4.42. The first-order valence-corrected chi connectivity index (χ1v) is 6.37. The Kier molecular flexibility index (Phi) is 2.88. The second-order valence-corrected chi connectivity index (χ2v) is 5.47. The fourth-order valence-electron chi connectivity index (χ4n) is 2.95. The number of nitrogens with zero attached hydrogens (tertiary/aromatic N) is 1. The average molecular weight is 237 g/mol. The lowest BCUT2D eigenvalue weighted by molar-refractivity contribution is 0.185. The highest BCUT2D eigenvalue weighted by molar-refractivity contribution is 6.30. The molecular formula is C13H17ClN2. The molecule has 2 nitrogen and oxygen atoms in total. The Hall–Kier alpha value is -0.570. The van der Waals surface area contributed by atoms with E-state index in [0.29, 0.717) is 0 Å². The van der Waals surface area contributed by atoms with Crippen molar-refractivity contribution < 1.29 is 0 Å². The minimum Gasteiger partial charge on any atom is -0.312 e. The molecule has 3 heteroatoms. The van der Waals surface area contributed by atoms with Gasteiger partial charge in [0.05, 0.1) is 0 Å². The smallest absolute Gasteiger partial charge is 0.0409 e. The highest BCUT2D eigenvalue weighted by Crippen LogP contribution is 2.23. The van der Waals surface area contributed by atoms with Crippen LogP contribution in [-0.2, 0) is 6.54 Å². The number of likely N-dealkylation sites (tertiary alicyclic amines) is 1. The Morgan fingerprint density at radius 3 is 3.12 bits per heavy atom. The van der Waals surface area contributed by atoms with Crippen LogP contribution in [0.5, 0.6) is 0 Å². The molecule has 0 saturated carbocycles. The van der Waals surface area contributed by atoms with Gasteiger partial charge >= 0.3 is 0 Å². The predicted molar refractivity (Wildman–Crippen MR) is 66.6 cm³/mol. The quantitative estimate of drug-likeness (QED) is 0.847. The van der Waals surface area contributed by atoms with E-state index in [1.165, 1.54) is 31.6 Å². The van der Waals surface area contributed by atoms with E-state index in [1.54, 1.807) is 0 Å². The number of hydrogen-bond donors (Lipinski definition) is 1. The first kappa shape index (κ1) is 10.6. The second kappa shape index (κ2) is 4.36. The molecule has 0 unspecified atom stereocenters. The largest absolute Gasteiger partial charge is 0.312 e. The Morgan fingerprint density at radius 1 is 1.38 bits per heavy atom. The van der Waals surface area contributed by atoms with E-state index < -0.39 is 0 Å². The first-order chi connectivity index (χ1) is 7.79. The number of piperidine rings is 1. The van der Waals surface area contributed by atoms with Crippen LogP contribution in [-0.4, -0.2) is 30.6 Å². The summed E-state index contributed by atoms with van der Waals surface area (Å²) in [5.41, 5.74) is 1.33. The molecule has 1 N–H and O–H groups in total. The van der Waals surface area contributed by atoms with Crippen LogP contribution in [0.15, 0.2) is 24.3 Å². The van der Waals surface area contributed by atoms with E-state index in [1.807, 2.05) is 12.1 Å². The highest BCUT2D eigenvalue weighted by Gasteiger charge is 2.32. The summed E-state index contributed by atoms with van der Waals surface area (Å²) in [6.45, 7) is 4.66. The molecule has 16 heavy (non-hydrogen) atoms. The average Bonchev–Trinajstić information content (AvgIpc) is 2.58. The first-order valence-electron chi connectivity index (χ1n) is 6.00. The molecule has 2 aliphatic heterocycles. The Labute approximate surface area is 102 Å². The van der Waals surface area contributed by atoms with Crippen molar-refractivity contribution in [3.8, 4) is 0 Å². The molecule has 1 aromatic carbocycles. The van der Waals surface area contributed by atoms with Gasteiger partial charge in [0.15, 0.2) is 0 Å². The summed E-state index contributed by atoms with van der Waals surface area (Å²) >= 11 is 6.00. The maximum atomic E-state index is 6.00. The van der Waals surface area contributed by atoms with Gasteiger partial charge in [-0.05, 0) is 36.6 Å². The number of benzene rings is 1. The molecule has 2 bridgehead atoms. The van der Waals surface area contributed by atoms with Crippen LogP contribution in [0.1, 0.15) is 12.0 Å². The maximum Gasteiger partial charge on any atom is 0.0409 e. The number of fused-ring (bicyclic) bond motifs is 2. The Morgan fingerprint density at radius 2 is 2.31 bits per heavy atom. The van der Waals surface area contributed by atoms with E-state index in [4.69, 9.17) is 11.6 Å². The van der Waals surface area contributed by atoms with Crippen LogP contribution < -0.4 is 5.32 Å². The van der Waals surface area contributed by atoms with E-state index >= 15 is 0 Å². The molecule has 3 rings (SSSR count). The fraction of sp³-hybridized carbons (Fsp3) is 0.538. The van der Waals surface area contributed by atoms with Crippen LogP contribution >= 0.6 is 11.6 Å². The SMILES string of the molecule is Clc1cccc(CN2C[C@H]3CN[C@@H](C3)C2)c1. The highest BCUT2D eigenvalue weighted by atomic mass is 35.5. The lowest BCUT2D eigenvalue weighted by Crippen LogP contribution is -2.40. The summed E-state index contributed by atoms with van der Waals surface area (Å²) in [4.78, 5) is 2.55. The van der Waals surface area contributed by atoms with Gasteiger partial charge in [0.25, 0.3) is 0 Å². The number of rotatable bonds is 2. The minimum absolute atomic E-state index is 0.720. The zero-order valence-corrected chi connectivity index (χ0v) is 10.1. The van der Waals surface area contributed by atoms with Crippen LogP contribution in [0.3, 0.4) is 0 Å². The van der Waals surface area contributed by atoms with Crippen molar-refractivity contribution >= 4 is 11.6 Å². The molecule has 2 atom stereocenters. The van der Waals surface area contributed by atoms with Crippen molar-refractivity contribution in [3.63, 3.8) is 0 Å². The predicted octanol–water partition coefficient (Wildman–Crippen LogP) is 2.13. The van der Waals surface area contributed by atoms with Gasteiger partial charge < -0.3 is 5.32 Å². The third-order valence-electron chi connectivity index (χ3n) is 3.60. The molecule has 0 spiro atoms. The van der Waals surface area contributed by atoms with Gasteiger partial charge in [0.1, 0.15) is 0 Å². The maximum absolute atomic E-state index is 6.00. The number of halogens is 1. The van der Waals surface area contributed by atoms with Gasteiger partial charge in [-0.1, -0.05) is 23.7 Å².